The van der Waals surface area contributed by atoms with Crippen molar-refractivity contribution in [2.24, 2.45) is 0 Å². The van der Waals surface area contributed by atoms with Gasteiger partial charge in [0.05, 0.1) is 6.54 Å². The average molecular weight is 322 g/mol. The van der Waals surface area contributed by atoms with Gasteiger partial charge in [0, 0.05) is 26.2 Å². The molecule has 0 aliphatic carbocycles. The van der Waals surface area contributed by atoms with Crippen molar-refractivity contribution in [1.82, 2.24) is 9.80 Å². The number of amides is 1. The molecule has 3 rings (SSSR count). The minimum absolute atomic E-state index is 0.145. The Morgan fingerprint density at radius 3 is 2.61 bits per heavy atom. The van der Waals surface area contributed by atoms with E-state index in [0.717, 1.165) is 25.9 Å². The Labute approximate surface area is 135 Å². The predicted octanol–water partition coefficient (Wildman–Crippen LogP) is 1.26. The van der Waals surface area contributed by atoms with Crippen molar-refractivity contribution in [3.8, 4) is 5.75 Å². The van der Waals surface area contributed by atoms with E-state index in [9.17, 15) is 14.3 Å². The van der Waals surface area contributed by atoms with Gasteiger partial charge in [-0.2, -0.15) is 0 Å². The molecule has 1 aromatic rings. The molecule has 2 fully saturated rings. The van der Waals surface area contributed by atoms with Crippen molar-refractivity contribution in [1.29, 1.82) is 0 Å². The first-order valence-electron chi connectivity index (χ1n) is 8.15. The molecular formula is C17H23FN2O3. The lowest BCUT2D eigenvalue weighted by Crippen LogP contribution is -2.42. The molecule has 2 aliphatic heterocycles. The highest BCUT2D eigenvalue weighted by molar-refractivity contribution is 5.78. The highest BCUT2D eigenvalue weighted by atomic mass is 19.1. The van der Waals surface area contributed by atoms with Crippen LogP contribution in [0.1, 0.15) is 19.3 Å². The van der Waals surface area contributed by atoms with Crippen LogP contribution in [0.5, 0.6) is 5.75 Å². The summed E-state index contributed by atoms with van der Waals surface area (Å²) in [5.41, 5.74) is -0.959. The van der Waals surface area contributed by atoms with Gasteiger partial charge in [0.25, 0.3) is 0 Å². The second kappa shape index (κ2) is 6.84. The van der Waals surface area contributed by atoms with Crippen molar-refractivity contribution in [2.75, 3.05) is 39.3 Å². The zero-order valence-electron chi connectivity index (χ0n) is 13.2. The number of hydrogen-bond acceptors (Lipinski definition) is 4. The Bertz CT molecular complexity index is 545. The number of aliphatic hydroxyl groups is 1. The maximum Gasteiger partial charge on any atom is 0.236 e. The summed E-state index contributed by atoms with van der Waals surface area (Å²) in [5, 5.41) is 10.6. The van der Waals surface area contributed by atoms with Gasteiger partial charge in [0.15, 0.2) is 0 Å². The second-order valence-corrected chi connectivity index (χ2v) is 6.52. The molecule has 1 aromatic carbocycles. The minimum atomic E-state index is -0.959. The summed E-state index contributed by atoms with van der Waals surface area (Å²) in [4.78, 5) is 16.0. The summed E-state index contributed by atoms with van der Waals surface area (Å²) >= 11 is 0. The molecule has 0 unspecified atom stereocenters. The molecule has 1 atom stereocenters. The van der Waals surface area contributed by atoms with E-state index in [1.54, 1.807) is 12.1 Å². The molecule has 1 amide bonds. The van der Waals surface area contributed by atoms with Crippen LogP contribution in [0.25, 0.3) is 0 Å². The molecule has 2 heterocycles. The van der Waals surface area contributed by atoms with Gasteiger partial charge < -0.3 is 14.7 Å². The second-order valence-electron chi connectivity index (χ2n) is 6.52. The smallest absolute Gasteiger partial charge is 0.236 e. The number of rotatable bonds is 5. The number of ether oxygens (including phenoxy) is 1. The molecule has 126 valence electrons. The minimum Gasteiger partial charge on any atom is -0.491 e. The molecule has 0 aromatic heterocycles. The van der Waals surface area contributed by atoms with Gasteiger partial charge in [0.1, 0.15) is 23.8 Å². The maximum absolute atomic E-state index is 12.9. The van der Waals surface area contributed by atoms with E-state index in [0.29, 0.717) is 31.8 Å². The standard InChI is InChI=1S/C17H23FN2O3/c18-14-3-5-15(6-4-14)23-13-17(22)7-10-19(12-17)11-16(21)20-8-1-2-9-20/h3-6,22H,1-2,7-13H2/t17-/m0/s1. The summed E-state index contributed by atoms with van der Waals surface area (Å²) in [5.74, 6) is 0.362. The fourth-order valence-electron chi connectivity index (χ4n) is 3.20. The zero-order chi connectivity index (χ0) is 16.3. The van der Waals surface area contributed by atoms with Crippen molar-refractivity contribution in [2.45, 2.75) is 24.9 Å². The Balaban J connectivity index is 1.47. The molecule has 23 heavy (non-hydrogen) atoms. The van der Waals surface area contributed by atoms with Crippen LogP contribution >= 0.6 is 0 Å². The number of carbonyl (C=O) groups is 1. The lowest BCUT2D eigenvalue weighted by Gasteiger charge is -2.24. The summed E-state index contributed by atoms with van der Waals surface area (Å²) in [6, 6.07) is 5.74. The third-order valence-electron chi connectivity index (χ3n) is 4.55. The molecule has 0 radical (unpaired) electrons. The van der Waals surface area contributed by atoms with Crippen LogP contribution < -0.4 is 4.74 Å². The predicted molar refractivity (Wildman–Crippen MR) is 83.7 cm³/mol. The van der Waals surface area contributed by atoms with E-state index in [4.69, 9.17) is 4.74 Å². The lowest BCUT2D eigenvalue weighted by molar-refractivity contribution is -0.131. The van der Waals surface area contributed by atoms with Gasteiger partial charge in [-0.3, -0.25) is 9.69 Å². The summed E-state index contributed by atoms with van der Waals surface area (Å²) < 4.78 is 18.4. The van der Waals surface area contributed by atoms with Gasteiger partial charge in [-0.1, -0.05) is 0 Å². The van der Waals surface area contributed by atoms with Gasteiger partial charge in [-0.15, -0.1) is 0 Å². The fourth-order valence-corrected chi connectivity index (χ4v) is 3.20. The normalized spacial score (nSPS) is 25.0. The summed E-state index contributed by atoms with van der Waals surface area (Å²) in [7, 11) is 0. The van der Waals surface area contributed by atoms with E-state index in [-0.39, 0.29) is 18.3 Å². The number of halogens is 1. The number of likely N-dealkylation sites (tertiary alicyclic amines) is 2. The van der Waals surface area contributed by atoms with E-state index in [1.165, 1.54) is 12.1 Å². The van der Waals surface area contributed by atoms with Gasteiger partial charge in [0.2, 0.25) is 5.91 Å². The van der Waals surface area contributed by atoms with Crippen LogP contribution in [0.2, 0.25) is 0 Å². The summed E-state index contributed by atoms with van der Waals surface area (Å²) in [6.45, 7) is 3.32. The van der Waals surface area contributed by atoms with Crippen LogP contribution in [0.3, 0.4) is 0 Å². The summed E-state index contributed by atoms with van der Waals surface area (Å²) in [6.07, 6.45) is 2.74. The highest BCUT2D eigenvalue weighted by Gasteiger charge is 2.38. The van der Waals surface area contributed by atoms with E-state index >= 15 is 0 Å². The Morgan fingerprint density at radius 2 is 1.91 bits per heavy atom. The number of nitrogens with zero attached hydrogens (tertiary/aromatic N) is 2. The maximum atomic E-state index is 12.9. The number of β-amino-alcohol motifs (C(OH)–C–C–N with tert-alkyl or cyclic N) is 1. The van der Waals surface area contributed by atoms with Crippen LogP contribution in [0, 0.1) is 5.82 Å². The van der Waals surface area contributed by atoms with Crippen LogP contribution in [0.15, 0.2) is 24.3 Å². The monoisotopic (exact) mass is 322 g/mol. The van der Waals surface area contributed by atoms with E-state index in [2.05, 4.69) is 0 Å². The SMILES string of the molecule is O=C(CN1CC[C@@](O)(COc2ccc(F)cc2)C1)N1CCCC1. The van der Waals surface area contributed by atoms with E-state index < -0.39 is 5.60 Å². The Hall–Kier alpha value is -1.66. The van der Waals surface area contributed by atoms with Crippen LogP contribution in [-0.4, -0.2) is 65.7 Å². The number of carbonyl (C=O) groups excluding carboxylic acids is 1. The topological polar surface area (TPSA) is 53.0 Å². The fraction of sp³-hybridized carbons (Fsp3) is 0.588. The van der Waals surface area contributed by atoms with Crippen molar-refractivity contribution in [3.05, 3.63) is 30.1 Å². The highest BCUT2D eigenvalue weighted by Crippen LogP contribution is 2.23. The molecule has 2 aliphatic rings. The van der Waals surface area contributed by atoms with Gasteiger partial charge >= 0.3 is 0 Å². The molecule has 1 N–H and O–H groups in total. The number of benzene rings is 1. The van der Waals surface area contributed by atoms with Crippen LogP contribution in [-0.2, 0) is 4.79 Å². The van der Waals surface area contributed by atoms with Crippen LogP contribution in [0.4, 0.5) is 4.39 Å². The lowest BCUT2D eigenvalue weighted by atomic mass is 10.1. The van der Waals surface area contributed by atoms with Gasteiger partial charge in [-0.05, 0) is 43.5 Å². The van der Waals surface area contributed by atoms with Crippen molar-refractivity contribution >= 4 is 5.91 Å². The number of hydrogen-bond donors (Lipinski definition) is 1. The third-order valence-corrected chi connectivity index (χ3v) is 4.55. The Kier molecular flexibility index (Phi) is 4.82. The molecular weight excluding hydrogens is 299 g/mol. The first-order valence-corrected chi connectivity index (χ1v) is 8.15. The third kappa shape index (κ3) is 4.20. The van der Waals surface area contributed by atoms with Crippen molar-refractivity contribution < 1.29 is 19.0 Å². The van der Waals surface area contributed by atoms with Gasteiger partial charge in [-0.25, -0.2) is 4.39 Å². The molecule has 2 saturated heterocycles. The molecule has 6 heteroatoms. The first-order chi connectivity index (χ1) is 11.0. The average Bonchev–Trinajstić information content (AvgIpc) is 3.17. The van der Waals surface area contributed by atoms with Crippen molar-refractivity contribution in [3.63, 3.8) is 0 Å². The quantitative estimate of drug-likeness (QED) is 0.887. The Morgan fingerprint density at radius 1 is 1.22 bits per heavy atom. The largest absolute Gasteiger partial charge is 0.491 e. The molecule has 0 saturated carbocycles. The molecule has 0 spiro atoms. The van der Waals surface area contributed by atoms with E-state index in [1.807, 2.05) is 9.80 Å². The zero-order valence-corrected chi connectivity index (χ0v) is 13.2. The first kappa shape index (κ1) is 16.2. The molecule has 5 nitrogen and oxygen atoms in total. The molecule has 0 bridgehead atoms.